The molecule has 0 spiro atoms. The van der Waals surface area contributed by atoms with Gasteiger partial charge in [-0.25, -0.2) is 4.98 Å². The molecule has 2 rings (SSSR count). The normalized spacial score (nSPS) is 12.0. The summed E-state index contributed by atoms with van der Waals surface area (Å²) in [4.78, 5) is 9.05. The molecule has 98 valence electrons. The van der Waals surface area contributed by atoms with Gasteiger partial charge in [0.2, 0.25) is 11.2 Å². The third-order valence-electron chi connectivity index (χ3n) is 2.12. The van der Waals surface area contributed by atoms with Crippen molar-refractivity contribution >= 4 is 33.2 Å². The minimum atomic E-state index is -0.162. The first-order chi connectivity index (χ1) is 8.46. The number of aromatic nitrogens is 2. The van der Waals surface area contributed by atoms with Gasteiger partial charge in [-0.2, -0.15) is 4.98 Å². The van der Waals surface area contributed by atoms with Gasteiger partial charge >= 0.3 is 0 Å². The maximum Gasteiger partial charge on any atom is 0.227 e. The summed E-state index contributed by atoms with van der Waals surface area (Å²) in [6, 6.07) is 1.93. The Bertz CT molecular complexity index is 536. The molecule has 0 fully saturated rings. The molecule has 18 heavy (non-hydrogen) atoms. The minimum Gasteiger partial charge on any atom is -0.475 e. The largest absolute Gasteiger partial charge is 0.475 e. The van der Waals surface area contributed by atoms with Crippen molar-refractivity contribution in [3.05, 3.63) is 16.7 Å². The Morgan fingerprint density at radius 1 is 1.28 bits per heavy atom. The molecule has 0 N–H and O–H groups in total. The van der Waals surface area contributed by atoms with E-state index in [1.54, 1.807) is 0 Å². The summed E-state index contributed by atoms with van der Waals surface area (Å²) in [5.41, 5.74) is -0.162. The van der Waals surface area contributed by atoms with Crippen molar-refractivity contribution in [3.63, 3.8) is 0 Å². The number of ether oxygens (including phenoxy) is 2. The molecule has 0 unspecified atom stereocenters. The van der Waals surface area contributed by atoms with Crippen LogP contribution in [0.25, 0.3) is 10.2 Å². The lowest BCUT2D eigenvalue weighted by atomic mass is 10.2. The molecule has 0 atom stereocenters. The molecule has 2 aromatic heterocycles. The highest BCUT2D eigenvalue weighted by Crippen LogP contribution is 2.27. The number of halogens is 1. The molecular weight excluding hydrogens is 272 g/mol. The fourth-order valence-corrected chi connectivity index (χ4v) is 2.37. The first kappa shape index (κ1) is 13.5. The van der Waals surface area contributed by atoms with Crippen LogP contribution in [0.5, 0.6) is 5.88 Å². The van der Waals surface area contributed by atoms with Crippen molar-refractivity contribution in [2.45, 2.75) is 26.4 Å². The van der Waals surface area contributed by atoms with Crippen LogP contribution in [0.1, 0.15) is 20.8 Å². The molecule has 0 saturated heterocycles. The van der Waals surface area contributed by atoms with Gasteiger partial charge in [0, 0.05) is 0 Å². The predicted molar refractivity (Wildman–Crippen MR) is 73.6 cm³/mol. The van der Waals surface area contributed by atoms with Gasteiger partial charge in [0.25, 0.3) is 0 Å². The summed E-state index contributed by atoms with van der Waals surface area (Å²) >= 11 is 7.35. The van der Waals surface area contributed by atoms with Gasteiger partial charge in [-0.1, -0.05) is 0 Å². The van der Waals surface area contributed by atoms with Crippen molar-refractivity contribution in [1.82, 2.24) is 9.97 Å². The molecule has 0 saturated carbocycles. The van der Waals surface area contributed by atoms with E-state index in [1.165, 1.54) is 11.3 Å². The van der Waals surface area contributed by atoms with Crippen LogP contribution < -0.4 is 4.74 Å². The Morgan fingerprint density at radius 3 is 2.78 bits per heavy atom. The van der Waals surface area contributed by atoms with Crippen LogP contribution in [-0.4, -0.2) is 28.8 Å². The number of hydrogen-bond donors (Lipinski definition) is 0. The summed E-state index contributed by atoms with van der Waals surface area (Å²) in [5, 5.41) is 3.03. The van der Waals surface area contributed by atoms with E-state index >= 15 is 0 Å². The maximum absolute atomic E-state index is 5.84. The van der Waals surface area contributed by atoms with Crippen LogP contribution >= 0.6 is 22.9 Å². The second-order valence-corrected chi connectivity index (χ2v) is 5.98. The molecule has 0 amide bonds. The van der Waals surface area contributed by atoms with Crippen molar-refractivity contribution in [2.24, 2.45) is 0 Å². The third kappa shape index (κ3) is 3.54. The Labute approximate surface area is 115 Å². The number of fused-ring (bicyclic) bond motifs is 1. The molecule has 0 radical (unpaired) electrons. The zero-order chi connectivity index (χ0) is 13.2. The average molecular weight is 287 g/mol. The summed E-state index contributed by atoms with van der Waals surface area (Å²) in [5.74, 6) is 0.517. The molecule has 4 nitrogen and oxygen atoms in total. The lowest BCUT2D eigenvalue weighted by Crippen LogP contribution is -2.22. The van der Waals surface area contributed by atoms with E-state index in [4.69, 9.17) is 21.1 Å². The number of nitrogens with zero attached hydrogens (tertiary/aromatic N) is 2. The minimum absolute atomic E-state index is 0.162. The number of hydrogen-bond acceptors (Lipinski definition) is 5. The lowest BCUT2D eigenvalue weighted by molar-refractivity contribution is -0.0166. The van der Waals surface area contributed by atoms with E-state index in [0.717, 1.165) is 10.2 Å². The molecule has 2 aromatic rings. The van der Waals surface area contributed by atoms with Crippen LogP contribution in [0, 0.1) is 0 Å². The molecule has 0 aliphatic carbocycles. The first-order valence-electron chi connectivity index (χ1n) is 5.63. The molecule has 0 aliphatic heterocycles. The Kier molecular flexibility index (Phi) is 4.04. The molecular formula is C12H15ClN2O2S. The summed E-state index contributed by atoms with van der Waals surface area (Å²) in [7, 11) is 0. The lowest BCUT2D eigenvalue weighted by Gasteiger charge is -2.19. The summed E-state index contributed by atoms with van der Waals surface area (Å²) in [6.45, 7) is 6.97. The van der Waals surface area contributed by atoms with Gasteiger partial charge in [0.15, 0.2) is 0 Å². The van der Waals surface area contributed by atoms with Gasteiger partial charge in [-0.3, -0.25) is 0 Å². The fraction of sp³-hybridized carbons (Fsp3) is 0.500. The van der Waals surface area contributed by atoms with E-state index in [0.29, 0.717) is 19.1 Å². The summed E-state index contributed by atoms with van der Waals surface area (Å²) < 4.78 is 11.2. The third-order valence-corrected chi connectivity index (χ3v) is 3.10. The van der Waals surface area contributed by atoms with E-state index in [2.05, 4.69) is 9.97 Å². The second-order valence-electron chi connectivity index (χ2n) is 4.75. The highest BCUT2D eigenvalue weighted by atomic mass is 35.5. The van der Waals surface area contributed by atoms with E-state index in [9.17, 15) is 0 Å². The predicted octanol–water partition coefficient (Wildman–Crippen LogP) is 3.54. The van der Waals surface area contributed by atoms with Gasteiger partial charge in [-0.05, 0) is 43.8 Å². The number of thiophene rings is 1. The van der Waals surface area contributed by atoms with Crippen LogP contribution in [0.4, 0.5) is 0 Å². The van der Waals surface area contributed by atoms with Crippen LogP contribution in [-0.2, 0) is 4.74 Å². The fourth-order valence-electron chi connectivity index (χ4n) is 1.40. The molecule has 0 aromatic carbocycles. The molecule has 6 heteroatoms. The van der Waals surface area contributed by atoms with Crippen molar-refractivity contribution < 1.29 is 9.47 Å². The van der Waals surface area contributed by atoms with Gasteiger partial charge in [-0.15, -0.1) is 11.3 Å². The zero-order valence-corrected chi connectivity index (χ0v) is 12.1. The van der Waals surface area contributed by atoms with Crippen molar-refractivity contribution in [1.29, 1.82) is 0 Å². The highest BCUT2D eigenvalue weighted by Gasteiger charge is 2.11. The van der Waals surface area contributed by atoms with Crippen LogP contribution in [0.2, 0.25) is 5.28 Å². The SMILES string of the molecule is CC(C)(C)OCCOc1nc(Cl)nc2sccc12. The Hall–Kier alpha value is -0.910. The quantitative estimate of drug-likeness (QED) is 0.637. The molecule has 0 aliphatic rings. The van der Waals surface area contributed by atoms with E-state index in [-0.39, 0.29) is 10.9 Å². The Balaban J connectivity index is 2.01. The smallest absolute Gasteiger partial charge is 0.227 e. The maximum atomic E-state index is 5.84. The van der Waals surface area contributed by atoms with Gasteiger partial charge in [0.05, 0.1) is 17.6 Å². The van der Waals surface area contributed by atoms with Crippen LogP contribution in [0.3, 0.4) is 0 Å². The summed E-state index contributed by atoms with van der Waals surface area (Å²) in [6.07, 6.45) is 0. The topological polar surface area (TPSA) is 44.2 Å². The monoisotopic (exact) mass is 286 g/mol. The highest BCUT2D eigenvalue weighted by molar-refractivity contribution is 7.16. The Morgan fingerprint density at radius 2 is 2.06 bits per heavy atom. The van der Waals surface area contributed by atoms with Gasteiger partial charge < -0.3 is 9.47 Å². The molecule has 0 bridgehead atoms. The number of rotatable bonds is 4. The zero-order valence-electron chi connectivity index (χ0n) is 10.6. The average Bonchev–Trinajstić information content (AvgIpc) is 2.70. The second kappa shape index (κ2) is 5.38. The van der Waals surface area contributed by atoms with E-state index < -0.39 is 0 Å². The van der Waals surface area contributed by atoms with E-state index in [1.807, 2.05) is 32.2 Å². The standard InChI is InChI=1S/C12H15ClN2O2S/c1-12(2,3)17-6-5-16-9-8-4-7-18-10(8)15-11(13)14-9/h4,7H,5-6H2,1-3H3. The molecule has 2 heterocycles. The van der Waals surface area contributed by atoms with Crippen LogP contribution in [0.15, 0.2) is 11.4 Å². The van der Waals surface area contributed by atoms with Crippen molar-refractivity contribution in [3.8, 4) is 5.88 Å². The van der Waals surface area contributed by atoms with Crippen molar-refractivity contribution in [2.75, 3.05) is 13.2 Å². The van der Waals surface area contributed by atoms with Gasteiger partial charge in [0.1, 0.15) is 11.4 Å². The first-order valence-corrected chi connectivity index (χ1v) is 6.89.